The van der Waals surface area contributed by atoms with E-state index in [0.717, 1.165) is 0 Å². The van der Waals surface area contributed by atoms with Crippen molar-refractivity contribution in [1.82, 2.24) is 0 Å². The average Bonchev–Trinajstić information content (AvgIpc) is 2.35. The second kappa shape index (κ2) is 10.1. The maximum atomic E-state index is 9.90. The highest BCUT2D eigenvalue weighted by molar-refractivity contribution is 5.66. The third-order valence-electron chi connectivity index (χ3n) is 1.72. The standard InChI is InChI=1S/C6H12O6.C3H6O2/c7-1-3(9)5(11)6(12)4(10)2-8;1-2-3(4)5/h1,3-6,8-12H,2H2;2H2,1H3,(H,4,5)/t3-,4+,5+,6-;/m0./s1. The fourth-order valence-corrected chi connectivity index (χ4v) is 0.618. The number of carboxylic acids is 1. The lowest BCUT2D eigenvalue weighted by atomic mass is 10.0. The Morgan fingerprint density at radius 1 is 1.18 bits per heavy atom. The Morgan fingerprint density at radius 2 is 1.59 bits per heavy atom. The Hall–Kier alpha value is -1.06. The van der Waals surface area contributed by atoms with Gasteiger partial charge in [-0.2, -0.15) is 0 Å². The van der Waals surface area contributed by atoms with E-state index in [0.29, 0.717) is 0 Å². The minimum atomic E-state index is -1.79. The number of aliphatic hydroxyl groups is 5. The number of carboxylic acid groups (broad SMARTS) is 1. The molecule has 0 spiro atoms. The second-order valence-corrected chi connectivity index (χ2v) is 3.11. The average molecular weight is 254 g/mol. The summed E-state index contributed by atoms with van der Waals surface area (Å²) < 4.78 is 0. The van der Waals surface area contributed by atoms with E-state index in [9.17, 15) is 9.59 Å². The van der Waals surface area contributed by atoms with Gasteiger partial charge in [0.2, 0.25) is 0 Å². The van der Waals surface area contributed by atoms with Crippen LogP contribution in [0.1, 0.15) is 13.3 Å². The van der Waals surface area contributed by atoms with Crippen LogP contribution in [0.25, 0.3) is 0 Å². The van der Waals surface area contributed by atoms with Crippen LogP contribution in [0.3, 0.4) is 0 Å². The van der Waals surface area contributed by atoms with Crippen molar-refractivity contribution in [2.24, 2.45) is 0 Å². The third kappa shape index (κ3) is 8.72. The first kappa shape index (κ1) is 18.3. The molecule has 0 aromatic rings. The topological polar surface area (TPSA) is 156 Å². The van der Waals surface area contributed by atoms with Gasteiger partial charge in [0.25, 0.3) is 0 Å². The van der Waals surface area contributed by atoms with E-state index in [1.165, 1.54) is 0 Å². The highest BCUT2D eigenvalue weighted by atomic mass is 16.4. The molecule has 0 aromatic carbocycles. The summed E-state index contributed by atoms with van der Waals surface area (Å²) in [6, 6.07) is 0. The van der Waals surface area contributed by atoms with Gasteiger partial charge < -0.3 is 35.4 Å². The molecule has 102 valence electrons. The van der Waals surface area contributed by atoms with Crippen LogP contribution >= 0.6 is 0 Å². The van der Waals surface area contributed by atoms with Crippen LogP contribution in [0.2, 0.25) is 0 Å². The monoisotopic (exact) mass is 254 g/mol. The van der Waals surface area contributed by atoms with Crippen LogP contribution in [-0.2, 0) is 9.59 Å². The van der Waals surface area contributed by atoms with Crippen molar-refractivity contribution in [1.29, 1.82) is 0 Å². The zero-order chi connectivity index (χ0) is 14.0. The molecule has 0 radical (unpaired) electrons. The number of hydrogen-bond acceptors (Lipinski definition) is 7. The fraction of sp³-hybridized carbons (Fsp3) is 0.778. The molecule has 0 saturated carbocycles. The predicted molar refractivity (Wildman–Crippen MR) is 55.1 cm³/mol. The molecule has 0 aliphatic rings. The first-order valence-electron chi connectivity index (χ1n) is 4.81. The van der Waals surface area contributed by atoms with E-state index >= 15 is 0 Å². The summed E-state index contributed by atoms with van der Waals surface area (Å²) in [7, 11) is 0. The molecule has 0 aliphatic heterocycles. The van der Waals surface area contributed by atoms with Gasteiger partial charge in [0.1, 0.15) is 24.4 Å². The normalized spacial score (nSPS) is 17.1. The summed E-state index contributed by atoms with van der Waals surface area (Å²) in [6.07, 6.45) is -6.62. The van der Waals surface area contributed by atoms with E-state index in [2.05, 4.69) is 0 Å². The largest absolute Gasteiger partial charge is 0.481 e. The van der Waals surface area contributed by atoms with Gasteiger partial charge in [0, 0.05) is 6.42 Å². The van der Waals surface area contributed by atoms with Crippen LogP contribution in [-0.4, -0.2) is 73.9 Å². The maximum absolute atomic E-state index is 9.90. The van der Waals surface area contributed by atoms with E-state index in [4.69, 9.17) is 30.6 Å². The van der Waals surface area contributed by atoms with E-state index in [1.54, 1.807) is 6.92 Å². The smallest absolute Gasteiger partial charge is 0.303 e. The molecule has 0 amide bonds. The second-order valence-electron chi connectivity index (χ2n) is 3.11. The molecule has 0 rings (SSSR count). The lowest BCUT2D eigenvalue weighted by molar-refractivity contribution is -0.137. The zero-order valence-electron chi connectivity index (χ0n) is 9.30. The van der Waals surface area contributed by atoms with Crippen LogP contribution in [0.4, 0.5) is 0 Å². The van der Waals surface area contributed by atoms with Crippen LogP contribution in [0.15, 0.2) is 0 Å². The Bertz CT molecular complexity index is 219. The number of aliphatic hydroxyl groups excluding tert-OH is 5. The highest BCUT2D eigenvalue weighted by Crippen LogP contribution is 2.02. The van der Waals surface area contributed by atoms with Crippen LogP contribution < -0.4 is 0 Å². The maximum Gasteiger partial charge on any atom is 0.303 e. The Kier molecular flexibility index (Phi) is 10.9. The van der Waals surface area contributed by atoms with Crippen molar-refractivity contribution in [2.45, 2.75) is 37.8 Å². The van der Waals surface area contributed by atoms with Crippen LogP contribution in [0.5, 0.6) is 0 Å². The Morgan fingerprint density at radius 3 is 1.82 bits per heavy atom. The molecular formula is C9H18O8. The molecule has 4 atom stereocenters. The molecule has 0 fully saturated rings. The summed E-state index contributed by atoms with van der Waals surface area (Å²) in [5.41, 5.74) is 0. The minimum absolute atomic E-state index is 0.0258. The first-order chi connectivity index (χ1) is 7.81. The molecule has 8 heteroatoms. The summed E-state index contributed by atoms with van der Waals surface area (Å²) in [4.78, 5) is 19.3. The van der Waals surface area contributed by atoms with Gasteiger partial charge >= 0.3 is 5.97 Å². The molecule has 6 N–H and O–H groups in total. The molecular weight excluding hydrogens is 236 g/mol. The number of carbonyl (C=O) groups excluding carboxylic acids is 1. The lowest BCUT2D eigenvalue weighted by Crippen LogP contribution is -2.46. The number of hydrogen-bond donors (Lipinski definition) is 6. The molecule has 0 heterocycles. The van der Waals surface area contributed by atoms with Crippen molar-refractivity contribution in [2.75, 3.05) is 6.61 Å². The molecule has 0 saturated heterocycles. The van der Waals surface area contributed by atoms with Crippen LogP contribution in [0, 0.1) is 0 Å². The Balaban J connectivity index is 0. The molecule has 8 nitrogen and oxygen atoms in total. The lowest BCUT2D eigenvalue weighted by Gasteiger charge is -2.22. The zero-order valence-corrected chi connectivity index (χ0v) is 9.30. The molecule has 0 aromatic heterocycles. The van der Waals surface area contributed by atoms with Gasteiger partial charge in [0.15, 0.2) is 6.29 Å². The van der Waals surface area contributed by atoms with Gasteiger partial charge in [-0.05, 0) is 0 Å². The van der Waals surface area contributed by atoms with Gasteiger partial charge in [-0.1, -0.05) is 6.92 Å². The first-order valence-corrected chi connectivity index (χ1v) is 4.81. The Labute approximate surface area is 97.8 Å². The molecule has 0 bridgehead atoms. The predicted octanol–water partition coefficient (Wildman–Crippen LogP) is -2.90. The summed E-state index contributed by atoms with van der Waals surface area (Å²) in [6.45, 7) is 0.839. The van der Waals surface area contributed by atoms with Crippen molar-refractivity contribution < 1.29 is 40.2 Å². The third-order valence-corrected chi connectivity index (χ3v) is 1.72. The van der Waals surface area contributed by atoms with Crippen molar-refractivity contribution in [3.05, 3.63) is 0 Å². The summed E-state index contributed by atoms with van der Waals surface area (Å²) >= 11 is 0. The number of aldehydes is 1. The van der Waals surface area contributed by atoms with Crippen molar-refractivity contribution >= 4 is 12.3 Å². The molecule has 17 heavy (non-hydrogen) atoms. The quantitative estimate of drug-likeness (QED) is 0.276. The van der Waals surface area contributed by atoms with E-state index < -0.39 is 37.0 Å². The van der Waals surface area contributed by atoms with Gasteiger partial charge in [-0.3, -0.25) is 4.79 Å². The van der Waals surface area contributed by atoms with E-state index in [1.807, 2.05) is 0 Å². The molecule has 0 unspecified atom stereocenters. The summed E-state index contributed by atoms with van der Waals surface area (Å²) in [5.74, 6) is -0.745. The van der Waals surface area contributed by atoms with Gasteiger partial charge in [-0.15, -0.1) is 0 Å². The van der Waals surface area contributed by atoms with Gasteiger partial charge in [0.05, 0.1) is 6.61 Å². The number of carbonyl (C=O) groups is 2. The minimum Gasteiger partial charge on any atom is -0.481 e. The van der Waals surface area contributed by atoms with Gasteiger partial charge in [-0.25, -0.2) is 0 Å². The SMILES string of the molecule is CCC(=O)O.O=C[C@H](O)[C@@H](O)[C@@H](O)[C@H](O)CO. The van der Waals surface area contributed by atoms with Crippen molar-refractivity contribution in [3.8, 4) is 0 Å². The highest BCUT2D eigenvalue weighted by Gasteiger charge is 2.29. The number of rotatable bonds is 6. The fourth-order valence-electron chi connectivity index (χ4n) is 0.618. The summed E-state index contributed by atoms with van der Waals surface area (Å²) in [5, 5.41) is 51.3. The van der Waals surface area contributed by atoms with Crippen molar-refractivity contribution in [3.63, 3.8) is 0 Å². The molecule has 0 aliphatic carbocycles. The number of aliphatic carboxylic acids is 1. The van der Waals surface area contributed by atoms with E-state index in [-0.39, 0.29) is 12.7 Å².